The van der Waals surface area contributed by atoms with Gasteiger partial charge >= 0.3 is 35.7 Å². The van der Waals surface area contributed by atoms with Crippen molar-refractivity contribution in [3.63, 3.8) is 0 Å². The molecule has 9 aromatic rings. The lowest BCUT2D eigenvalue weighted by Crippen LogP contribution is -2.43. The van der Waals surface area contributed by atoms with E-state index >= 15 is 0 Å². The molecular formula is C55H38F6N10O8. The molecule has 0 radical (unpaired) electrons. The van der Waals surface area contributed by atoms with E-state index in [4.69, 9.17) is 15.3 Å². The van der Waals surface area contributed by atoms with Gasteiger partial charge in [-0.15, -0.1) is 0 Å². The van der Waals surface area contributed by atoms with Crippen LogP contribution in [0.15, 0.2) is 171 Å². The van der Waals surface area contributed by atoms with Gasteiger partial charge in [-0.2, -0.15) is 47.1 Å². The number of ether oxygens (including phenoxy) is 1. The van der Waals surface area contributed by atoms with Gasteiger partial charge in [-0.3, -0.25) is 28.3 Å². The molecule has 0 amide bonds. The highest BCUT2D eigenvalue weighted by molar-refractivity contribution is 5.71. The zero-order valence-electron chi connectivity index (χ0n) is 41.1. The van der Waals surface area contributed by atoms with Crippen LogP contribution in [0.5, 0.6) is 0 Å². The Kier molecular flexibility index (Phi) is 15.4. The number of nitrogens with zero attached hydrogens (tertiary/aromatic N) is 10. The van der Waals surface area contributed by atoms with Gasteiger partial charge in [0.1, 0.15) is 19.7 Å². The maximum atomic E-state index is 13.9. The van der Waals surface area contributed by atoms with Crippen molar-refractivity contribution >= 4 is 11.9 Å². The third-order valence-corrected chi connectivity index (χ3v) is 12.1. The minimum absolute atomic E-state index is 0.0126. The predicted molar refractivity (Wildman–Crippen MR) is 270 cm³/mol. The summed E-state index contributed by atoms with van der Waals surface area (Å²) in [4.78, 5) is 78.4. The van der Waals surface area contributed by atoms with Crippen molar-refractivity contribution in [1.29, 1.82) is 10.5 Å². The van der Waals surface area contributed by atoms with Gasteiger partial charge in [0.2, 0.25) is 0 Å². The molecule has 0 saturated carbocycles. The number of rotatable bonds is 12. The molecule has 4 heterocycles. The number of esters is 1. The van der Waals surface area contributed by atoms with Crippen LogP contribution in [0, 0.1) is 36.5 Å². The van der Waals surface area contributed by atoms with Crippen molar-refractivity contribution in [1.82, 2.24) is 37.8 Å². The topological polar surface area (TPSA) is 235 Å². The number of aliphatic carboxylic acids is 1. The van der Waals surface area contributed by atoms with Crippen molar-refractivity contribution in [2.75, 3.05) is 0 Å². The average Bonchev–Trinajstić information content (AvgIpc) is 4.35. The van der Waals surface area contributed by atoms with Gasteiger partial charge in [-0.05, 0) is 116 Å². The quantitative estimate of drug-likeness (QED) is 0.0907. The largest absolute Gasteiger partial charge is 0.480 e. The van der Waals surface area contributed by atoms with E-state index in [1.807, 2.05) is 12.1 Å². The molecule has 0 saturated heterocycles. The second-order valence-electron chi connectivity index (χ2n) is 17.1. The molecule has 0 aliphatic rings. The number of carboxylic acids is 1. The van der Waals surface area contributed by atoms with Crippen LogP contribution in [0.3, 0.4) is 0 Å². The first-order valence-electron chi connectivity index (χ1n) is 23.2. The van der Waals surface area contributed by atoms with E-state index in [2.05, 4.69) is 10.2 Å². The van der Waals surface area contributed by atoms with E-state index in [9.17, 15) is 60.2 Å². The summed E-state index contributed by atoms with van der Waals surface area (Å²) in [6, 6.07) is 36.3. The van der Waals surface area contributed by atoms with Crippen LogP contribution in [0.2, 0.25) is 0 Å². The van der Waals surface area contributed by atoms with Crippen LogP contribution < -0.4 is 22.5 Å². The van der Waals surface area contributed by atoms with E-state index in [1.54, 1.807) is 66.7 Å². The minimum Gasteiger partial charge on any atom is -0.480 e. The summed E-state index contributed by atoms with van der Waals surface area (Å²) in [5, 5.41) is 36.0. The van der Waals surface area contributed by atoms with Gasteiger partial charge in [-0.25, -0.2) is 28.1 Å². The van der Waals surface area contributed by atoms with Crippen molar-refractivity contribution < 1.29 is 45.8 Å². The Balaban J connectivity index is 0.000000211. The number of hydrogen-bond donors (Lipinski definition) is 1. The molecule has 5 aromatic carbocycles. The summed E-state index contributed by atoms with van der Waals surface area (Å²) in [7, 11) is 0. The van der Waals surface area contributed by atoms with Crippen molar-refractivity contribution in [2.45, 2.75) is 45.9 Å². The molecule has 0 atom stereocenters. The lowest BCUT2D eigenvalue weighted by molar-refractivity contribution is -0.146. The lowest BCUT2D eigenvalue weighted by Gasteiger charge is -2.19. The zero-order valence-corrected chi connectivity index (χ0v) is 41.1. The van der Waals surface area contributed by atoms with Crippen molar-refractivity contribution in [2.24, 2.45) is 0 Å². The zero-order chi connectivity index (χ0) is 56.9. The van der Waals surface area contributed by atoms with Crippen LogP contribution in [0.25, 0.3) is 45.3 Å². The minimum atomic E-state index is -4.69. The number of carbonyl (C=O) groups excluding carboxylic acids is 1. The number of nitriles is 2. The summed E-state index contributed by atoms with van der Waals surface area (Å²) in [6.45, 7) is 0.892. The number of alkyl halides is 6. The smallest absolute Gasteiger partial charge is 0.416 e. The van der Waals surface area contributed by atoms with E-state index < -0.39 is 71.0 Å². The molecule has 0 bridgehead atoms. The Morgan fingerprint density at radius 3 is 1.37 bits per heavy atom. The number of carboxylic acid groups (broad SMARTS) is 1. The Bertz CT molecular complexity index is 4140. The Morgan fingerprint density at radius 1 is 0.557 bits per heavy atom. The normalized spacial score (nSPS) is 11.3. The van der Waals surface area contributed by atoms with Gasteiger partial charge in [0.05, 0.1) is 92.1 Å². The SMILES string of the molecule is Cc1c(-c2ccnn2-c2ccc(C#N)cc2)c(=O)n(CC(=O)O)c(=O)n1-c1cccc(C(F)(F)F)c1.Cc1c(-c2ccnn2-c2ccc(C#N)cc2)c(=O)n(CC(=O)OCc2ccccc2)c(=O)n1-c1cccc(C(F)(F)F)c1. The van der Waals surface area contributed by atoms with Gasteiger partial charge in [0.25, 0.3) is 11.1 Å². The molecule has 0 aliphatic heterocycles. The average molecular weight is 1080 g/mol. The van der Waals surface area contributed by atoms with E-state index in [1.165, 1.54) is 72.0 Å². The monoisotopic (exact) mass is 1080 g/mol. The van der Waals surface area contributed by atoms with Crippen molar-refractivity contribution in [3.8, 4) is 57.4 Å². The van der Waals surface area contributed by atoms with Crippen LogP contribution in [0.1, 0.15) is 39.2 Å². The van der Waals surface area contributed by atoms with Gasteiger partial charge < -0.3 is 9.84 Å². The highest BCUT2D eigenvalue weighted by Gasteiger charge is 2.33. The second-order valence-corrected chi connectivity index (χ2v) is 17.1. The summed E-state index contributed by atoms with van der Waals surface area (Å²) in [6.07, 6.45) is -6.61. The fourth-order valence-electron chi connectivity index (χ4n) is 8.42. The molecule has 0 fully saturated rings. The van der Waals surface area contributed by atoms with Crippen molar-refractivity contribution in [3.05, 3.63) is 233 Å². The van der Waals surface area contributed by atoms with E-state index in [0.717, 1.165) is 45.5 Å². The summed E-state index contributed by atoms with van der Waals surface area (Å²) >= 11 is 0. The van der Waals surface area contributed by atoms with Gasteiger partial charge in [0, 0.05) is 11.4 Å². The van der Waals surface area contributed by atoms with Crippen LogP contribution >= 0.6 is 0 Å². The Labute approximate surface area is 440 Å². The maximum Gasteiger partial charge on any atom is 0.416 e. The fourth-order valence-corrected chi connectivity index (χ4v) is 8.42. The molecule has 398 valence electrons. The fraction of sp³-hybridized carbons (Fsp3) is 0.127. The molecule has 0 unspecified atom stereocenters. The first kappa shape index (κ1) is 54.6. The van der Waals surface area contributed by atoms with Crippen LogP contribution in [-0.2, 0) is 46.4 Å². The maximum absolute atomic E-state index is 13.9. The van der Waals surface area contributed by atoms with E-state index in [0.29, 0.717) is 37.2 Å². The molecule has 9 rings (SSSR count). The first-order valence-corrected chi connectivity index (χ1v) is 23.2. The molecule has 0 aliphatic carbocycles. The Hall–Kier alpha value is -10.6. The Morgan fingerprint density at radius 2 is 0.975 bits per heavy atom. The molecule has 1 N–H and O–H groups in total. The number of halogens is 6. The third kappa shape index (κ3) is 11.5. The van der Waals surface area contributed by atoms with Gasteiger partial charge in [-0.1, -0.05) is 42.5 Å². The molecule has 4 aromatic heterocycles. The lowest BCUT2D eigenvalue weighted by atomic mass is 10.1. The molecule has 0 spiro atoms. The third-order valence-electron chi connectivity index (χ3n) is 12.1. The summed E-state index contributed by atoms with van der Waals surface area (Å²) in [5.74, 6) is -2.38. The number of carbonyl (C=O) groups is 2. The molecule has 79 heavy (non-hydrogen) atoms. The first-order chi connectivity index (χ1) is 37.6. The number of benzene rings is 5. The van der Waals surface area contributed by atoms with Gasteiger partial charge in [0.15, 0.2) is 0 Å². The highest BCUT2D eigenvalue weighted by Crippen LogP contribution is 2.33. The highest BCUT2D eigenvalue weighted by atomic mass is 19.4. The standard InChI is InChI=1S/C31H22F3N5O4.C24H16F3N5O4/c1-20-28(26-14-15-36-39(26)24-12-10-21(17-35)11-13-24)29(41)37(18-27(40)43-19-22-6-3-2-4-7-22)30(42)38(20)25-9-5-8-23(16-25)31(32,33)34;1-14-21(19-9-10-29-32(19)17-7-5-15(12-28)6-8-17)22(35)30(13-20(33)34)23(36)31(14)18-4-2-3-16(11-18)24(25,26)27/h2-16H,18-19H2,1H3;2-11H,13H2,1H3,(H,33,34). The predicted octanol–water partition coefficient (Wildman–Crippen LogP) is 7.93. The van der Waals surface area contributed by atoms with Crippen LogP contribution in [-0.4, -0.2) is 54.9 Å². The number of aromatic nitrogens is 8. The van der Waals surface area contributed by atoms with Crippen LogP contribution in [0.4, 0.5) is 26.3 Å². The second kappa shape index (κ2) is 22.3. The van der Waals surface area contributed by atoms with E-state index in [-0.39, 0.29) is 51.9 Å². The molecule has 18 nitrogen and oxygen atoms in total. The summed E-state index contributed by atoms with van der Waals surface area (Å²) < 4.78 is 91.7. The summed E-state index contributed by atoms with van der Waals surface area (Å²) in [5.41, 5.74) is -3.74. The molecular weight excluding hydrogens is 1040 g/mol. The number of hydrogen-bond acceptors (Lipinski definition) is 11. The molecule has 24 heteroatoms.